The number of carbonyl (C=O) groups excluding carboxylic acids is 2. The first kappa shape index (κ1) is 31.4. The molecule has 1 heterocycles. The van der Waals surface area contributed by atoms with Gasteiger partial charge in [0, 0.05) is 32.2 Å². The third kappa shape index (κ3) is 9.47. The second-order valence-electron chi connectivity index (χ2n) is 9.92. The Hall–Kier alpha value is -4.16. The highest BCUT2D eigenvalue weighted by atomic mass is 16.5. The van der Waals surface area contributed by atoms with E-state index in [0.29, 0.717) is 49.3 Å². The fraction of sp³-hybridized carbons (Fsp3) is 0.400. The van der Waals surface area contributed by atoms with Crippen LogP contribution in [-0.2, 0) is 27.1 Å². The summed E-state index contributed by atoms with van der Waals surface area (Å²) in [5, 5.41) is 41.2. The van der Waals surface area contributed by atoms with E-state index < -0.39 is 19.2 Å². The standard InChI is InChI=1S/C30H35BN4O6/c1-3-35(27-9-11-40-12-10-27)29(36)26(20-33)17-24-14-23(15-25(16-24)19-32)8-13-41-30(37)34-28(31(38)39)18-22-6-4-21(2)5-7-22/h4-7,14-17,27-28,38-39H,3,8-13,18H2,1-2H3,(H,34,37)/t28-/m0/s1. The highest BCUT2D eigenvalue weighted by Gasteiger charge is 2.27. The molecule has 0 unspecified atom stereocenters. The number of alkyl carbamates (subject to hydrolysis) is 1. The largest absolute Gasteiger partial charge is 0.475 e. The molecule has 1 aliphatic rings. The first-order valence-electron chi connectivity index (χ1n) is 13.6. The van der Waals surface area contributed by atoms with Crippen LogP contribution in [0, 0.1) is 29.6 Å². The minimum absolute atomic E-state index is 0.00531. The summed E-state index contributed by atoms with van der Waals surface area (Å²) in [6, 6.07) is 16.5. The van der Waals surface area contributed by atoms with E-state index in [4.69, 9.17) is 9.47 Å². The molecule has 11 heteroatoms. The zero-order valence-corrected chi connectivity index (χ0v) is 23.4. The van der Waals surface area contributed by atoms with Crippen LogP contribution in [0.2, 0.25) is 0 Å². The summed E-state index contributed by atoms with van der Waals surface area (Å²) in [5.74, 6) is -1.33. The Kier molecular flexibility index (Phi) is 11.9. The van der Waals surface area contributed by atoms with E-state index in [1.54, 1.807) is 23.1 Å². The van der Waals surface area contributed by atoms with Gasteiger partial charge in [0.2, 0.25) is 0 Å². The molecule has 2 aromatic carbocycles. The van der Waals surface area contributed by atoms with Crippen LogP contribution >= 0.6 is 0 Å². The van der Waals surface area contributed by atoms with Crippen molar-refractivity contribution in [1.29, 1.82) is 10.5 Å². The van der Waals surface area contributed by atoms with Crippen molar-refractivity contribution in [2.24, 2.45) is 0 Å². The Labute approximate surface area is 240 Å². The summed E-state index contributed by atoms with van der Waals surface area (Å²) in [4.78, 5) is 27.2. The predicted octanol–water partition coefficient (Wildman–Crippen LogP) is 2.69. The van der Waals surface area contributed by atoms with Gasteiger partial charge in [-0.25, -0.2) is 4.79 Å². The molecular formula is C30H35BN4O6. The highest BCUT2D eigenvalue weighted by molar-refractivity contribution is 6.43. The lowest BCUT2D eigenvalue weighted by molar-refractivity contribution is -0.130. The van der Waals surface area contributed by atoms with Crippen LogP contribution in [0.1, 0.15) is 47.6 Å². The molecule has 3 N–H and O–H groups in total. The lowest BCUT2D eigenvalue weighted by atomic mass is 9.76. The topological polar surface area (TPSA) is 156 Å². The molecule has 0 aliphatic carbocycles. The van der Waals surface area contributed by atoms with Gasteiger partial charge in [-0.15, -0.1) is 0 Å². The maximum Gasteiger partial charge on any atom is 0.475 e. The van der Waals surface area contributed by atoms with Crippen LogP contribution < -0.4 is 5.32 Å². The van der Waals surface area contributed by atoms with E-state index in [-0.39, 0.29) is 37.0 Å². The zero-order chi connectivity index (χ0) is 29.8. The van der Waals surface area contributed by atoms with Gasteiger partial charge in [-0.05, 0) is 68.0 Å². The number of benzene rings is 2. The van der Waals surface area contributed by atoms with Crippen LogP contribution in [0.15, 0.2) is 48.0 Å². The van der Waals surface area contributed by atoms with Crippen LogP contribution in [0.25, 0.3) is 6.08 Å². The lowest BCUT2D eigenvalue weighted by Gasteiger charge is -2.33. The Bertz CT molecular complexity index is 1310. The molecule has 10 nitrogen and oxygen atoms in total. The average molecular weight is 558 g/mol. The van der Waals surface area contributed by atoms with E-state index in [1.165, 1.54) is 6.08 Å². The Morgan fingerprint density at radius 3 is 2.49 bits per heavy atom. The van der Waals surface area contributed by atoms with Gasteiger partial charge < -0.3 is 29.7 Å². The third-order valence-electron chi connectivity index (χ3n) is 6.90. The number of nitrogens with zero attached hydrogens (tertiary/aromatic N) is 3. The molecule has 0 spiro atoms. The lowest BCUT2D eigenvalue weighted by Crippen LogP contribution is -2.48. The molecular weight excluding hydrogens is 523 g/mol. The van der Waals surface area contributed by atoms with Crippen molar-refractivity contribution in [3.05, 3.63) is 75.9 Å². The molecule has 1 saturated heterocycles. The van der Waals surface area contributed by atoms with Gasteiger partial charge in [0.25, 0.3) is 5.91 Å². The number of nitriles is 2. The fourth-order valence-corrected chi connectivity index (χ4v) is 4.70. The number of hydrogen-bond donors (Lipinski definition) is 3. The molecule has 2 aromatic rings. The molecule has 41 heavy (non-hydrogen) atoms. The first-order chi connectivity index (χ1) is 19.7. The number of rotatable bonds is 11. The Morgan fingerprint density at radius 2 is 1.88 bits per heavy atom. The number of aryl methyl sites for hydroxylation is 1. The normalized spacial score (nSPS) is 14.3. The van der Waals surface area contributed by atoms with E-state index in [1.807, 2.05) is 44.2 Å². The van der Waals surface area contributed by atoms with Crippen molar-refractivity contribution in [1.82, 2.24) is 10.2 Å². The van der Waals surface area contributed by atoms with Crippen LogP contribution in [0.3, 0.4) is 0 Å². The summed E-state index contributed by atoms with van der Waals surface area (Å²) in [6.07, 6.45) is 2.55. The van der Waals surface area contributed by atoms with Crippen molar-refractivity contribution in [3.63, 3.8) is 0 Å². The SMILES string of the molecule is CCN(C(=O)C(C#N)=Cc1cc(C#N)cc(CCOC(=O)N[C@@H](Cc2ccc(C)cc2)B(O)O)c1)C1CCOCC1. The number of nitrogens with one attached hydrogen (secondary N) is 1. The van der Waals surface area contributed by atoms with E-state index in [9.17, 15) is 30.2 Å². The van der Waals surface area contributed by atoms with Gasteiger partial charge in [0.1, 0.15) is 11.6 Å². The van der Waals surface area contributed by atoms with Gasteiger partial charge in [-0.3, -0.25) is 4.79 Å². The minimum Gasteiger partial charge on any atom is -0.449 e. The number of hydrogen-bond acceptors (Lipinski definition) is 8. The molecule has 0 radical (unpaired) electrons. The van der Waals surface area contributed by atoms with Crippen LogP contribution in [-0.4, -0.2) is 72.4 Å². The van der Waals surface area contributed by atoms with Crippen molar-refractivity contribution in [2.45, 2.75) is 51.5 Å². The molecule has 1 atom stereocenters. The average Bonchev–Trinajstić information content (AvgIpc) is 2.97. The maximum atomic E-state index is 13.2. The van der Waals surface area contributed by atoms with E-state index >= 15 is 0 Å². The van der Waals surface area contributed by atoms with Crippen molar-refractivity contribution < 1.29 is 29.1 Å². The smallest absolute Gasteiger partial charge is 0.449 e. The number of ether oxygens (including phenoxy) is 2. The molecule has 1 fully saturated rings. The quantitative estimate of drug-likeness (QED) is 0.216. The summed E-state index contributed by atoms with van der Waals surface area (Å²) in [5.41, 5.74) is 3.38. The molecule has 0 aromatic heterocycles. The zero-order valence-electron chi connectivity index (χ0n) is 23.4. The van der Waals surface area contributed by atoms with Crippen molar-refractivity contribution >= 4 is 25.2 Å². The van der Waals surface area contributed by atoms with Gasteiger partial charge in [-0.1, -0.05) is 35.9 Å². The monoisotopic (exact) mass is 558 g/mol. The summed E-state index contributed by atoms with van der Waals surface area (Å²) >= 11 is 0. The number of amides is 2. The second-order valence-corrected chi connectivity index (χ2v) is 9.92. The number of likely N-dealkylation sites (N-methyl/N-ethyl adjacent to an activating group) is 1. The molecule has 2 amide bonds. The second kappa shape index (κ2) is 15.6. The van der Waals surface area contributed by atoms with Crippen LogP contribution in [0.4, 0.5) is 4.79 Å². The predicted molar refractivity (Wildman–Crippen MR) is 153 cm³/mol. The summed E-state index contributed by atoms with van der Waals surface area (Å²) < 4.78 is 10.6. The van der Waals surface area contributed by atoms with Gasteiger partial charge >= 0.3 is 13.2 Å². The molecule has 1 aliphatic heterocycles. The third-order valence-corrected chi connectivity index (χ3v) is 6.90. The Morgan fingerprint density at radius 1 is 1.17 bits per heavy atom. The summed E-state index contributed by atoms with van der Waals surface area (Å²) in [7, 11) is -1.78. The number of carbonyl (C=O) groups is 2. The van der Waals surface area contributed by atoms with Gasteiger partial charge in [0.05, 0.1) is 24.2 Å². The van der Waals surface area contributed by atoms with E-state index in [2.05, 4.69) is 11.4 Å². The van der Waals surface area contributed by atoms with Gasteiger partial charge in [-0.2, -0.15) is 10.5 Å². The highest BCUT2D eigenvalue weighted by Crippen LogP contribution is 2.20. The summed E-state index contributed by atoms with van der Waals surface area (Å²) in [6.45, 7) is 5.38. The van der Waals surface area contributed by atoms with E-state index in [0.717, 1.165) is 11.1 Å². The molecule has 0 bridgehead atoms. The fourth-order valence-electron chi connectivity index (χ4n) is 4.70. The minimum atomic E-state index is -1.78. The first-order valence-corrected chi connectivity index (χ1v) is 13.6. The van der Waals surface area contributed by atoms with Crippen molar-refractivity contribution in [2.75, 3.05) is 26.4 Å². The van der Waals surface area contributed by atoms with Gasteiger partial charge in [0.15, 0.2) is 0 Å². The molecule has 3 rings (SSSR count). The maximum absolute atomic E-state index is 13.2. The Balaban J connectivity index is 1.64. The van der Waals surface area contributed by atoms with Crippen molar-refractivity contribution in [3.8, 4) is 12.1 Å². The molecule has 214 valence electrons. The van der Waals surface area contributed by atoms with Crippen LogP contribution in [0.5, 0.6) is 0 Å². The molecule has 0 saturated carbocycles.